The van der Waals surface area contributed by atoms with Gasteiger partial charge in [-0.2, -0.15) is 0 Å². The molecule has 1 fully saturated rings. The van der Waals surface area contributed by atoms with Gasteiger partial charge in [0.2, 0.25) is 5.82 Å². The van der Waals surface area contributed by atoms with Crippen LogP contribution in [0.5, 0.6) is 0 Å². The first-order chi connectivity index (χ1) is 30.2. The maximum absolute atomic E-state index is 13.6. The zero-order valence-corrected chi connectivity index (χ0v) is 33.8. The van der Waals surface area contributed by atoms with Crippen LogP contribution in [0.25, 0.3) is 11.2 Å². The van der Waals surface area contributed by atoms with E-state index in [9.17, 15) is 29.4 Å². The van der Waals surface area contributed by atoms with Crippen molar-refractivity contribution >= 4 is 40.8 Å². The predicted octanol–water partition coefficient (Wildman–Crippen LogP) is 4.05. The van der Waals surface area contributed by atoms with E-state index in [2.05, 4.69) is 41.5 Å². The predicted molar refractivity (Wildman–Crippen MR) is 234 cm³/mol. The van der Waals surface area contributed by atoms with Gasteiger partial charge in [-0.15, -0.1) is 0 Å². The van der Waals surface area contributed by atoms with Gasteiger partial charge in [-0.25, -0.2) is 24.5 Å². The molecule has 0 unspecified atom stereocenters. The van der Waals surface area contributed by atoms with Crippen LogP contribution in [0.3, 0.4) is 0 Å². The highest BCUT2D eigenvalue weighted by Gasteiger charge is 2.47. The Bertz CT molecular complexity index is 2420. The van der Waals surface area contributed by atoms with Crippen molar-refractivity contribution in [2.45, 2.75) is 58.0 Å². The number of aliphatic hydroxyl groups excluding tert-OH is 2. The highest BCUT2D eigenvalue weighted by atomic mass is 16.6. The van der Waals surface area contributed by atoms with Gasteiger partial charge in [0.1, 0.15) is 18.8 Å². The van der Waals surface area contributed by atoms with E-state index in [0.29, 0.717) is 18.7 Å². The van der Waals surface area contributed by atoms with Gasteiger partial charge in [0, 0.05) is 38.6 Å². The number of urea groups is 1. The molecule has 4 aromatic carbocycles. The number of aromatic nitrogens is 4. The summed E-state index contributed by atoms with van der Waals surface area (Å²) in [7, 11) is 0. The minimum absolute atomic E-state index is 0. The van der Waals surface area contributed by atoms with E-state index < -0.39 is 48.4 Å². The monoisotopic (exact) mass is 857 g/mol. The molecule has 63 heavy (non-hydrogen) atoms. The van der Waals surface area contributed by atoms with Crippen LogP contribution < -0.4 is 26.6 Å². The van der Waals surface area contributed by atoms with Crippen LogP contribution in [-0.4, -0.2) is 98.0 Å². The molecule has 6 aromatic rings. The molecule has 2 aromatic heterocycles. The standard InChI is InChI=1S/C45H47N9O8.CH4/c1-2-46-41(57)37-35(55)36(56)43(62-37)54-27-51-34-38(49-25-33(30-14-8-4-9-15-30)31-16-10-5-11-17-31)52-39(53-40(34)54)42(58)47-22-23-48-45(60)50-24-28-18-20-32(21-19-28)44(59)61-26-29-12-6-3-7-13-29;/h3-21,27,33,35-37,43,55-56H,2,22-26H2,1H3,(H,46,57)(H,47,58)(H2,48,50,60)(H,49,52,53);1H4/t35-,36+,37-,43+;/m0./s1. The number of fused-ring (bicyclic) bond motifs is 1. The Morgan fingerprint density at radius 3 is 2.05 bits per heavy atom. The van der Waals surface area contributed by atoms with Crippen molar-refractivity contribution in [1.29, 1.82) is 0 Å². The number of hydrogen-bond acceptors (Lipinski definition) is 12. The Morgan fingerprint density at radius 1 is 0.762 bits per heavy atom. The van der Waals surface area contributed by atoms with Crippen LogP contribution in [0.15, 0.2) is 122 Å². The fourth-order valence-electron chi connectivity index (χ4n) is 6.95. The van der Waals surface area contributed by atoms with E-state index >= 15 is 0 Å². The lowest BCUT2D eigenvalue weighted by atomic mass is 9.91. The molecule has 7 rings (SSSR count). The summed E-state index contributed by atoms with van der Waals surface area (Å²) in [6.07, 6.45) is -4.37. The minimum Gasteiger partial charge on any atom is -0.457 e. The van der Waals surface area contributed by atoms with E-state index in [1.54, 1.807) is 31.2 Å². The quantitative estimate of drug-likeness (QED) is 0.0509. The lowest BCUT2D eigenvalue weighted by Gasteiger charge is -2.20. The molecule has 17 nitrogen and oxygen atoms in total. The minimum atomic E-state index is -1.55. The van der Waals surface area contributed by atoms with Gasteiger partial charge in [-0.05, 0) is 41.3 Å². The van der Waals surface area contributed by atoms with Crippen molar-refractivity contribution < 1.29 is 38.9 Å². The van der Waals surface area contributed by atoms with Crippen LogP contribution in [0.4, 0.5) is 10.6 Å². The first kappa shape index (κ1) is 45.3. The summed E-state index contributed by atoms with van der Waals surface area (Å²) in [4.78, 5) is 64.9. The highest BCUT2D eigenvalue weighted by molar-refractivity contribution is 5.94. The maximum atomic E-state index is 13.6. The van der Waals surface area contributed by atoms with E-state index in [1.165, 1.54) is 10.9 Å². The molecule has 3 heterocycles. The van der Waals surface area contributed by atoms with Crippen molar-refractivity contribution in [3.63, 3.8) is 0 Å². The zero-order valence-electron chi connectivity index (χ0n) is 33.8. The molecule has 4 amide bonds. The van der Waals surface area contributed by atoms with Gasteiger partial charge < -0.3 is 46.3 Å². The van der Waals surface area contributed by atoms with E-state index in [0.717, 1.165) is 22.3 Å². The first-order valence-corrected chi connectivity index (χ1v) is 20.2. The Hall–Kier alpha value is -7.21. The molecule has 4 atom stereocenters. The van der Waals surface area contributed by atoms with Crippen LogP contribution >= 0.6 is 0 Å². The van der Waals surface area contributed by atoms with Crippen molar-refractivity contribution in [3.05, 3.63) is 155 Å². The third-order valence-electron chi connectivity index (χ3n) is 10.2. The largest absolute Gasteiger partial charge is 0.457 e. The molecule has 7 N–H and O–H groups in total. The molecule has 0 spiro atoms. The van der Waals surface area contributed by atoms with Crippen molar-refractivity contribution in [2.75, 3.05) is 31.5 Å². The molecule has 1 saturated heterocycles. The number of aliphatic hydroxyl groups is 2. The SMILES string of the molecule is C.CCNC(=O)[C@H]1O[C@@H](n2cnc3c(NCC(c4ccccc4)c4ccccc4)nc(C(=O)NCCNC(=O)NCc4ccc(C(=O)OCc5ccccc5)cc4)nc32)[C@H](O)[C@@H]1O. The number of likely N-dealkylation sites (N-methyl/N-ethyl adjacent to an activating group) is 1. The molecule has 17 heteroatoms. The third-order valence-corrected chi connectivity index (χ3v) is 10.2. The number of ether oxygens (including phenoxy) is 2. The molecular weight excluding hydrogens is 807 g/mol. The number of hydrogen-bond donors (Lipinski definition) is 7. The average molecular weight is 858 g/mol. The Labute approximate surface area is 364 Å². The van der Waals surface area contributed by atoms with Crippen LogP contribution in [0.1, 0.15) is 69.7 Å². The smallest absolute Gasteiger partial charge is 0.338 e. The molecule has 328 valence electrons. The lowest BCUT2D eigenvalue weighted by molar-refractivity contribution is -0.137. The Balaban J connectivity index is 0.00000661. The Morgan fingerprint density at radius 2 is 1.40 bits per heavy atom. The second kappa shape index (κ2) is 21.5. The Kier molecular flexibility index (Phi) is 15.5. The van der Waals surface area contributed by atoms with Gasteiger partial charge in [-0.3, -0.25) is 14.2 Å². The molecule has 0 bridgehead atoms. The van der Waals surface area contributed by atoms with Crippen molar-refractivity contribution in [1.82, 2.24) is 40.8 Å². The van der Waals surface area contributed by atoms with E-state index in [-0.39, 0.29) is 62.4 Å². The van der Waals surface area contributed by atoms with Crippen LogP contribution in [0.2, 0.25) is 0 Å². The summed E-state index contributed by atoms with van der Waals surface area (Å²) in [5.41, 5.74) is 4.46. The third kappa shape index (κ3) is 11.2. The number of benzene rings is 4. The molecular formula is C46H51N9O8. The highest BCUT2D eigenvalue weighted by Crippen LogP contribution is 2.33. The number of esters is 1. The van der Waals surface area contributed by atoms with Gasteiger partial charge in [0.05, 0.1) is 11.9 Å². The van der Waals surface area contributed by atoms with Crippen LogP contribution in [-0.2, 0) is 27.4 Å². The second-order valence-corrected chi connectivity index (χ2v) is 14.4. The second-order valence-electron chi connectivity index (χ2n) is 14.4. The number of anilines is 1. The number of imidazole rings is 1. The van der Waals surface area contributed by atoms with Gasteiger partial charge in [-0.1, -0.05) is 111 Å². The molecule has 1 aliphatic rings. The maximum Gasteiger partial charge on any atom is 0.338 e. The zero-order chi connectivity index (χ0) is 43.4. The van der Waals surface area contributed by atoms with Gasteiger partial charge >= 0.3 is 12.0 Å². The lowest BCUT2D eigenvalue weighted by Crippen LogP contribution is -2.42. The number of nitrogens with one attached hydrogen (secondary N) is 5. The average Bonchev–Trinajstić information content (AvgIpc) is 3.86. The summed E-state index contributed by atoms with van der Waals surface area (Å²) < 4.78 is 12.6. The van der Waals surface area contributed by atoms with Crippen LogP contribution in [0, 0.1) is 0 Å². The number of amides is 4. The van der Waals surface area contributed by atoms with E-state index in [1.807, 2.05) is 91.0 Å². The summed E-state index contributed by atoms with van der Waals surface area (Å²) in [5.74, 6) is -1.86. The van der Waals surface area contributed by atoms with Gasteiger partial charge in [0.25, 0.3) is 11.8 Å². The first-order valence-electron chi connectivity index (χ1n) is 20.2. The number of rotatable bonds is 17. The summed E-state index contributed by atoms with van der Waals surface area (Å²) in [5, 5.41) is 35.9. The topological polar surface area (TPSA) is 231 Å². The number of nitrogens with zero attached hydrogens (tertiary/aromatic N) is 4. The van der Waals surface area contributed by atoms with Crippen molar-refractivity contribution in [3.8, 4) is 0 Å². The normalized spacial score (nSPS) is 16.8. The number of carbonyl (C=O) groups excluding carboxylic acids is 4. The van der Waals surface area contributed by atoms with E-state index in [4.69, 9.17) is 9.47 Å². The molecule has 1 aliphatic heterocycles. The number of carbonyl (C=O) groups is 4. The summed E-state index contributed by atoms with van der Waals surface area (Å²) in [6, 6.07) is 35.4. The van der Waals surface area contributed by atoms with Crippen molar-refractivity contribution in [2.24, 2.45) is 0 Å². The fourth-order valence-corrected chi connectivity index (χ4v) is 6.95. The summed E-state index contributed by atoms with van der Waals surface area (Å²) >= 11 is 0. The summed E-state index contributed by atoms with van der Waals surface area (Å²) in [6.45, 7) is 2.78. The van der Waals surface area contributed by atoms with Gasteiger partial charge in [0.15, 0.2) is 29.3 Å². The fraction of sp³-hybridized carbons (Fsp3) is 0.283. The molecule has 0 saturated carbocycles. The molecule has 0 aliphatic carbocycles. The molecule has 0 radical (unpaired) electrons.